The van der Waals surface area contributed by atoms with Crippen molar-refractivity contribution in [2.24, 2.45) is 4.99 Å². The monoisotopic (exact) mass is 477 g/mol. The van der Waals surface area contributed by atoms with Gasteiger partial charge in [-0.25, -0.2) is 9.97 Å². The van der Waals surface area contributed by atoms with Crippen LogP contribution < -0.4 is 0 Å². The number of thiophene rings is 2. The Bertz CT molecular complexity index is 1240. The lowest BCUT2D eigenvalue weighted by Crippen LogP contribution is -1.95. The minimum absolute atomic E-state index is 0.480. The SMILES string of the molecule is Cc1csc(-c2ccnc(-c3ccccc3)n2)c1C.Cc1sc(C2C=CN=CC2)cc1Cl. The van der Waals surface area contributed by atoms with Gasteiger partial charge in [0.05, 0.1) is 15.6 Å². The Morgan fingerprint density at radius 3 is 2.50 bits per heavy atom. The van der Waals surface area contributed by atoms with E-state index in [1.165, 1.54) is 25.8 Å². The van der Waals surface area contributed by atoms with Crippen molar-refractivity contribution in [1.29, 1.82) is 0 Å². The van der Waals surface area contributed by atoms with Gasteiger partial charge >= 0.3 is 0 Å². The molecular weight excluding hydrogens is 454 g/mol. The molecule has 1 aliphatic rings. The van der Waals surface area contributed by atoms with Crippen LogP contribution in [0.25, 0.3) is 22.0 Å². The number of aryl methyl sites for hydroxylation is 2. The number of allylic oxidation sites excluding steroid dienone is 1. The molecule has 0 spiro atoms. The zero-order valence-electron chi connectivity index (χ0n) is 18.2. The van der Waals surface area contributed by atoms with Crippen LogP contribution in [-0.2, 0) is 0 Å². The van der Waals surface area contributed by atoms with Crippen molar-refractivity contribution in [3.8, 4) is 22.0 Å². The van der Waals surface area contributed by atoms with Gasteiger partial charge < -0.3 is 0 Å². The van der Waals surface area contributed by atoms with Gasteiger partial charge in [0, 0.05) is 39.8 Å². The Morgan fingerprint density at radius 2 is 1.88 bits per heavy atom. The molecule has 0 amide bonds. The molecule has 0 N–H and O–H groups in total. The van der Waals surface area contributed by atoms with Gasteiger partial charge in [0.1, 0.15) is 0 Å². The molecule has 0 bridgehead atoms. The third-order valence-electron chi connectivity index (χ3n) is 5.32. The molecule has 1 aromatic carbocycles. The molecule has 162 valence electrons. The first-order valence-corrected chi connectivity index (χ1v) is 12.5. The first-order chi connectivity index (χ1) is 15.5. The maximum atomic E-state index is 6.00. The van der Waals surface area contributed by atoms with E-state index in [4.69, 9.17) is 11.6 Å². The molecule has 1 aliphatic heterocycles. The first kappa shape index (κ1) is 22.6. The zero-order valence-corrected chi connectivity index (χ0v) is 20.6. The lowest BCUT2D eigenvalue weighted by molar-refractivity contribution is 0.909. The Morgan fingerprint density at radius 1 is 1.06 bits per heavy atom. The fraction of sp³-hybridized carbons (Fsp3) is 0.192. The van der Waals surface area contributed by atoms with Crippen LogP contribution in [0.1, 0.15) is 33.2 Å². The molecule has 3 nitrogen and oxygen atoms in total. The zero-order chi connectivity index (χ0) is 22.5. The Hall–Kier alpha value is -2.60. The van der Waals surface area contributed by atoms with Gasteiger partial charge in [0.15, 0.2) is 5.82 Å². The fourth-order valence-electron chi connectivity index (χ4n) is 3.31. The van der Waals surface area contributed by atoms with E-state index < -0.39 is 0 Å². The van der Waals surface area contributed by atoms with Crippen LogP contribution in [0.2, 0.25) is 5.02 Å². The summed E-state index contributed by atoms with van der Waals surface area (Å²) in [6.45, 7) is 6.33. The van der Waals surface area contributed by atoms with Crippen molar-refractivity contribution in [3.05, 3.63) is 92.2 Å². The van der Waals surface area contributed by atoms with E-state index in [9.17, 15) is 0 Å². The Kier molecular flexibility index (Phi) is 7.30. The van der Waals surface area contributed by atoms with Crippen molar-refractivity contribution in [1.82, 2.24) is 9.97 Å². The van der Waals surface area contributed by atoms with Crippen LogP contribution in [0.15, 0.2) is 71.3 Å². The number of aliphatic imine (C=N–C) groups is 1. The highest BCUT2D eigenvalue weighted by Gasteiger charge is 2.13. The molecule has 3 aromatic heterocycles. The van der Waals surface area contributed by atoms with E-state index in [0.29, 0.717) is 5.92 Å². The maximum Gasteiger partial charge on any atom is 0.159 e. The first-order valence-electron chi connectivity index (χ1n) is 10.4. The van der Waals surface area contributed by atoms with Crippen LogP contribution in [0.3, 0.4) is 0 Å². The number of halogens is 1. The summed E-state index contributed by atoms with van der Waals surface area (Å²) in [5.74, 6) is 1.26. The summed E-state index contributed by atoms with van der Waals surface area (Å²) in [4.78, 5) is 16.9. The van der Waals surface area contributed by atoms with Crippen LogP contribution >= 0.6 is 34.3 Å². The second-order valence-corrected chi connectivity index (χ2v) is 10.1. The number of rotatable bonds is 3. The third kappa shape index (κ3) is 5.23. The van der Waals surface area contributed by atoms with Gasteiger partial charge in [-0.1, -0.05) is 48.0 Å². The molecule has 0 fully saturated rings. The quantitative estimate of drug-likeness (QED) is 0.297. The largest absolute Gasteiger partial charge is 0.269 e. The number of benzene rings is 1. The maximum absolute atomic E-state index is 6.00. The van der Waals surface area contributed by atoms with Crippen molar-refractivity contribution < 1.29 is 0 Å². The number of aromatic nitrogens is 2. The van der Waals surface area contributed by atoms with Gasteiger partial charge in [0.25, 0.3) is 0 Å². The standard InChI is InChI=1S/C16H14N2S.C10H10ClNS/c1-11-10-19-15(12(11)2)14-8-9-17-16(18-14)13-6-4-3-5-7-13;1-7-9(11)6-10(13-7)8-2-4-12-5-3-8/h3-10H,1-2H3;2,4-6,8H,3H2,1H3. The highest BCUT2D eigenvalue weighted by Crippen LogP contribution is 2.34. The van der Waals surface area contributed by atoms with E-state index >= 15 is 0 Å². The minimum atomic E-state index is 0.480. The van der Waals surface area contributed by atoms with Crippen LogP contribution in [0, 0.1) is 20.8 Å². The lowest BCUT2D eigenvalue weighted by Gasteiger charge is -2.08. The van der Waals surface area contributed by atoms with Gasteiger partial charge in [-0.2, -0.15) is 0 Å². The molecule has 0 radical (unpaired) electrons. The van der Waals surface area contributed by atoms with E-state index in [1.54, 1.807) is 22.7 Å². The van der Waals surface area contributed by atoms with Crippen LogP contribution in [0.4, 0.5) is 0 Å². The van der Waals surface area contributed by atoms with E-state index in [2.05, 4.69) is 53.3 Å². The molecule has 1 unspecified atom stereocenters. The molecule has 0 aliphatic carbocycles. The second kappa shape index (κ2) is 10.3. The normalized spacial score (nSPS) is 14.8. The predicted octanol–water partition coefficient (Wildman–Crippen LogP) is 8.27. The molecule has 4 heterocycles. The molecule has 6 heteroatoms. The lowest BCUT2D eigenvalue weighted by atomic mass is 10.0. The molecular formula is C26H24ClN3S2. The molecule has 0 saturated carbocycles. The smallest absolute Gasteiger partial charge is 0.159 e. The molecule has 1 atom stereocenters. The Labute approximate surface area is 202 Å². The number of hydrogen-bond acceptors (Lipinski definition) is 5. The highest BCUT2D eigenvalue weighted by atomic mass is 35.5. The van der Waals surface area contributed by atoms with Crippen molar-refractivity contribution in [2.75, 3.05) is 0 Å². The molecule has 4 aromatic rings. The van der Waals surface area contributed by atoms with Gasteiger partial charge in [-0.15, -0.1) is 22.7 Å². The van der Waals surface area contributed by atoms with Crippen molar-refractivity contribution >= 4 is 40.5 Å². The van der Waals surface area contributed by atoms with Crippen LogP contribution in [-0.4, -0.2) is 16.2 Å². The van der Waals surface area contributed by atoms with E-state index in [1.807, 2.05) is 55.0 Å². The third-order valence-corrected chi connectivity index (χ3v) is 8.23. The average Bonchev–Trinajstić information content (AvgIpc) is 3.36. The summed E-state index contributed by atoms with van der Waals surface area (Å²) >= 11 is 9.52. The average molecular weight is 478 g/mol. The van der Waals surface area contributed by atoms with Crippen molar-refractivity contribution in [3.63, 3.8) is 0 Å². The predicted molar refractivity (Wildman–Crippen MR) is 139 cm³/mol. The van der Waals surface area contributed by atoms with E-state index in [0.717, 1.165) is 28.5 Å². The van der Waals surface area contributed by atoms with Gasteiger partial charge in [-0.3, -0.25) is 4.99 Å². The minimum Gasteiger partial charge on any atom is -0.269 e. The highest BCUT2D eigenvalue weighted by molar-refractivity contribution is 7.14. The summed E-state index contributed by atoms with van der Waals surface area (Å²) in [6, 6.07) is 14.1. The number of nitrogens with zero attached hydrogens (tertiary/aromatic N) is 3. The van der Waals surface area contributed by atoms with Crippen LogP contribution in [0.5, 0.6) is 0 Å². The summed E-state index contributed by atoms with van der Waals surface area (Å²) in [5, 5.41) is 3.06. The van der Waals surface area contributed by atoms with E-state index in [-0.39, 0.29) is 0 Å². The molecule has 32 heavy (non-hydrogen) atoms. The van der Waals surface area contributed by atoms with Gasteiger partial charge in [0.2, 0.25) is 0 Å². The van der Waals surface area contributed by atoms with Crippen molar-refractivity contribution in [2.45, 2.75) is 33.1 Å². The Balaban J connectivity index is 0.000000165. The number of hydrogen-bond donors (Lipinski definition) is 0. The fourth-order valence-corrected chi connectivity index (χ4v) is 5.66. The van der Waals surface area contributed by atoms with Gasteiger partial charge in [-0.05, 0) is 55.8 Å². The molecule has 5 rings (SSSR count). The summed E-state index contributed by atoms with van der Waals surface area (Å²) in [7, 11) is 0. The summed E-state index contributed by atoms with van der Waals surface area (Å²) < 4.78 is 0. The summed E-state index contributed by atoms with van der Waals surface area (Å²) in [6.07, 6.45) is 8.76. The summed E-state index contributed by atoms with van der Waals surface area (Å²) in [5.41, 5.74) is 4.68. The topological polar surface area (TPSA) is 38.1 Å². The second-order valence-electron chi connectivity index (χ2n) is 7.57. The molecule has 0 saturated heterocycles.